The second-order valence-corrected chi connectivity index (χ2v) is 5.61. The van der Waals surface area contributed by atoms with E-state index >= 15 is 0 Å². The first-order valence-electron chi connectivity index (χ1n) is 6.69. The first kappa shape index (κ1) is 18.2. The van der Waals surface area contributed by atoms with E-state index in [-0.39, 0.29) is 42.7 Å². The van der Waals surface area contributed by atoms with Crippen LogP contribution in [-0.2, 0) is 9.59 Å². The van der Waals surface area contributed by atoms with E-state index in [1.165, 1.54) is 0 Å². The molecule has 1 rings (SSSR count). The Morgan fingerprint density at radius 3 is 2.16 bits per heavy atom. The molecule has 1 atom stereocenters. The predicted molar refractivity (Wildman–Crippen MR) is 78.1 cm³/mol. The SMILES string of the molecule is CC(C)[C@H](N)C(=O)NCC(=O)N(C(C)C)C1CC1.Cl. The van der Waals surface area contributed by atoms with Gasteiger partial charge >= 0.3 is 0 Å². The van der Waals surface area contributed by atoms with Crippen molar-refractivity contribution >= 4 is 24.2 Å². The highest BCUT2D eigenvalue weighted by Gasteiger charge is 2.34. The summed E-state index contributed by atoms with van der Waals surface area (Å²) in [6.07, 6.45) is 2.15. The molecule has 1 aliphatic carbocycles. The minimum atomic E-state index is -0.550. The molecule has 0 bridgehead atoms. The maximum absolute atomic E-state index is 12.0. The van der Waals surface area contributed by atoms with Crippen LogP contribution in [0.3, 0.4) is 0 Å². The Hall–Kier alpha value is -0.810. The Morgan fingerprint density at radius 2 is 1.79 bits per heavy atom. The standard InChI is InChI=1S/C13H25N3O2.ClH/c1-8(2)12(14)13(18)15-7-11(17)16(9(3)4)10-5-6-10;/h8-10,12H,5-7,14H2,1-4H3,(H,15,18);1H/t12-;/m0./s1. The van der Waals surface area contributed by atoms with Gasteiger partial charge in [-0.2, -0.15) is 0 Å². The average molecular weight is 292 g/mol. The molecule has 1 saturated carbocycles. The van der Waals surface area contributed by atoms with E-state index in [4.69, 9.17) is 5.73 Å². The molecule has 5 nitrogen and oxygen atoms in total. The van der Waals surface area contributed by atoms with Crippen molar-refractivity contribution in [1.29, 1.82) is 0 Å². The summed E-state index contributed by atoms with van der Waals surface area (Å²) >= 11 is 0. The number of halogens is 1. The molecule has 0 aliphatic heterocycles. The number of hydrogen-bond acceptors (Lipinski definition) is 3. The lowest BCUT2D eigenvalue weighted by molar-refractivity contribution is -0.135. The molecule has 0 spiro atoms. The smallest absolute Gasteiger partial charge is 0.242 e. The van der Waals surface area contributed by atoms with Crippen LogP contribution >= 0.6 is 12.4 Å². The van der Waals surface area contributed by atoms with Crippen molar-refractivity contribution in [2.45, 2.75) is 58.7 Å². The van der Waals surface area contributed by atoms with E-state index in [0.29, 0.717) is 6.04 Å². The van der Waals surface area contributed by atoms with Gasteiger partial charge in [-0.25, -0.2) is 0 Å². The van der Waals surface area contributed by atoms with E-state index in [0.717, 1.165) is 12.8 Å². The van der Waals surface area contributed by atoms with Gasteiger partial charge < -0.3 is 16.0 Å². The highest BCUT2D eigenvalue weighted by atomic mass is 35.5. The van der Waals surface area contributed by atoms with Crippen molar-refractivity contribution in [1.82, 2.24) is 10.2 Å². The second-order valence-electron chi connectivity index (χ2n) is 5.61. The highest BCUT2D eigenvalue weighted by Crippen LogP contribution is 2.28. The van der Waals surface area contributed by atoms with Crippen molar-refractivity contribution in [3.05, 3.63) is 0 Å². The Labute approximate surface area is 121 Å². The first-order valence-corrected chi connectivity index (χ1v) is 6.69. The zero-order valence-electron chi connectivity index (χ0n) is 12.2. The van der Waals surface area contributed by atoms with Gasteiger partial charge in [0.15, 0.2) is 0 Å². The summed E-state index contributed by atoms with van der Waals surface area (Å²) in [5, 5.41) is 2.63. The van der Waals surface area contributed by atoms with Crippen molar-refractivity contribution in [2.24, 2.45) is 11.7 Å². The molecule has 112 valence electrons. The first-order chi connectivity index (χ1) is 8.34. The molecular formula is C13H26ClN3O2. The van der Waals surface area contributed by atoms with Crippen LogP contribution in [0.4, 0.5) is 0 Å². The number of nitrogens with two attached hydrogens (primary N) is 1. The molecule has 3 N–H and O–H groups in total. The van der Waals surface area contributed by atoms with Crippen LogP contribution in [0.1, 0.15) is 40.5 Å². The lowest BCUT2D eigenvalue weighted by atomic mass is 10.1. The van der Waals surface area contributed by atoms with Crippen molar-refractivity contribution in [3.8, 4) is 0 Å². The summed E-state index contributed by atoms with van der Waals surface area (Å²) in [6, 6.07) is 0.0000681. The molecule has 19 heavy (non-hydrogen) atoms. The zero-order chi connectivity index (χ0) is 13.9. The summed E-state index contributed by atoms with van der Waals surface area (Å²) < 4.78 is 0. The van der Waals surface area contributed by atoms with Crippen molar-refractivity contribution in [2.75, 3.05) is 6.54 Å². The number of nitrogens with zero attached hydrogens (tertiary/aromatic N) is 1. The van der Waals surface area contributed by atoms with Crippen molar-refractivity contribution < 1.29 is 9.59 Å². The molecule has 0 unspecified atom stereocenters. The van der Waals surface area contributed by atoms with Gasteiger partial charge in [0.05, 0.1) is 12.6 Å². The minimum absolute atomic E-state index is 0. The van der Waals surface area contributed by atoms with Crippen molar-refractivity contribution in [3.63, 3.8) is 0 Å². The topological polar surface area (TPSA) is 75.4 Å². The van der Waals surface area contributed by atoms with Crippen LogP contribution in [0.15, 0.2) is 0 Å². The fraction of sp³-hybridized carbons (Fsp3) is 0.846. The maximum Gasteiger partial charge on any atom is 0.242 e. The van der Waals surface area contributed by atoms with E-state index in [9.17, 15) is 9.59 Å². The predicted octanol–water partition coefficient (Wildman–Crippen LogP) is 0.907. The number of hydrogen-bond donors (Lipinski definition) is 2. The Bertz CT molecular complexity index is 315. The molecule has 0 saturated heterocycles. The van der Waals surface area contributed by atoms with Gasteiger partial charge in [-0.15, -0.1) is 12.4 Å². The van der Waals surface area contributed by atoms with Gasteiger partial charge in [-0.05, 0) is 32.6 Å². The molecule has 0 aromatic rings. The molecule has 2 amide bonds. The van der Waals surface area contributed by atoms with E-state index < -0.39 is 6.04 Å². The molecule has 0 aromatic heterocycles. The van der Waals surface area contributed by atoms with Crippen LogP contribution in [0.2, 0.25) is 0 Å². The zero-order valence-corrected chi connectivity index (χ0v) is 13.0. The number of carbonyl (C=O) groups is 2. The third-order valence-corrected chi connectivity index (χ3v) is 3.22. The van der Waals surface area contributed by atoms with Crippen LogP contribution in [-0.4, -0.2) is 41.4 Å². The van der Waals surface area contributed by atoms with Gasteiger partial charge in [0.25, 0.3) is 0 Å². The van der Waals surface area contributed by atoms with Crippen LogP contribution in [0.25, 0.3) is 0 Å². The molecular weight excluding hydrogens is 266 g/mol. The highest BCUT2D eigenvalue weighted by molar-refractivity contribution is 5.87. The third kappa shape index (κ3) is 5.37. The summed E-state index contributed by atoms with van der Waals surface area (Å²) in [5.74, 6) is -0.195. The van der Waals surface area contributed by atoms with E-state index in [2.05, 4.69) is 5.32 Å². The summed E-state index contributed by atoms with van der Waals surface area (Å²) in [5.41, 5.74) is 5.72. The molecule has 0 aromatic carbocycles. The molecule has 0 radical (unpaired) electrons. The monoisotopic (exact) mass is 291 g/mol. The molecule has 0 heterocycles. The maximum atomic E-state index is 12.0. The fourth-order valence-electron chi connectivity index (χ4n) is 1.94. The number of amides is 2. The van der Waals surface area contributed by atoms with Gasteiger partial charge in [0.1, 0.15) is 0 Å². The quantitative estimate of drug-likeness (QED) is 0.764. The van der Waals surface area contributed by atoms with Gasteiger partial charge in [0, 0.05) is 12.1 Å². The Morgan fingerprint density at radius 1 is 1.26 bits per heavy atom. The minimum Gasteiger partial charge on any atom is -0.346 e. The number of carbonyl (C=O) groups excluding carboxylic acids is 2. The molecule has 1 aliphatic rings. The Balaban J connectivity index is 0.00000324. The summed E-state index contributed by atoms with van der Waals surface area (Å²) in [4.78, 5) is 25.6. The van der Waals surface area contributed by atoms with Gasteiger partial charge in [0.2, 0.25) is 11.8 Å². The normalized spacial score (nSPS) is 15.9. The second kappa shape index (κ2) is 7.70. The lowest BCUT2D eigenvalue weighted by Gasteiger charge is -2.27. The van der Waals surface area contributed by atoms with Crippen LogP contribution in [0, 0.1) is 5.92 Å². The van der Waals surface area contributed by atoms with Gasteiger partial charge in [-0.3, -0.25) is 9.59 Å². The van der Waals surface area contributed by atoms with Crippen LogP contribution < -0.4 is 11.1 Å². The van der Waals surface area contributed by atoms with Crippen LogP contribution in [0.5, 0.6) is 0 Å². The summed E-state index contributed by atoms with van der Waals surface area (Å²) in [6.45, 7) is 7.82. The molecule has 6 heteroatoms. The Kier molecular flexibility index (Phi) is 7.37. The summed E-state index contributed by atoms with van der Waals surface area (Å²) in [7, 11) is 0. The lowest BCUT2D eigenvalue weighted by Crippen LogP contribution is -2.49. The number of nitrogens with one attached hydrogen (secondary N) is 1. The van der Waals surface area contributed by atoms with E-state index in [1.807, 2.05) is 32.6 Å². The van der Waals surface area contributed by atoms with E-state index in [1.54, 1.807) is 0 Å². The van der Waals surface area contributed by atoms with Gasteiger partial charge in [-0.1, -0.05) is 13.8 Å². The fourth-order valence-corrected chi connectivity index (χ4v) is 1.94. The molecule has 1 fully saturated rings. The third-order valence-electron chi connectivity index (χ3n) is 3.22. The largest absolute Gasteiger partial charge is 0.346 e. The average Bonchev–Trinajstić information content (AvgIpc) is 3.08. The number of rotatable bonds is 6.